The normalized spacial score (nSPS) is 16.2. The number of carbonyl (C=O) groups is 1. The molecule has 1 aliphatic heterocycles. The number of benzene rings is 2. The Morgan fingerprint density at radius 3 is 2.47 bits per heavy atom. The number of nitrogens with one attached hydrogen (secondary N) is 2. The highest BCUT2D eigenvalue weighted by Crippen LogP contribution is 2.40. The van der Waals surface area contributed by atoms with Crippen LogP contribution in [0.5, 0.6) is 0 Å². The molecule has 30 heavy (non-hydrogen) atoms. The molecule has 2 aromatic rings. The van der Waals surface area contributed by atoms with Crippen molar-refractivity contribution in [2.75, 3.05) is 25.1 Å². The molecule has 0 radical (unpaired) electrons. The SMILES string of the molecule is CCC(=O)Nc1ccc(S(=O)(=O)NCC2(Sc3ccccc3)CCOCC2)c(C)c1. The fourth-order valence-corrected chi connectivity index (χ4v) is 6.13. The van der Waals surface area contributed by atoms with Crippen LogP contribution in [-0.4, -0.2) is 38.8 Å². The van der Waals surface area contributed by atoms with E-state index in [0.29, 0.717) is 37.4 Å². The number of ether oxygens (including phenoxy) is 1. The van der Waals surface area contributed by atoms with Gasteiger partial charge in [0.1, 0.15) is 0 Å². The van der Waals surface area contributed by atoms with Crippen LogP contribution in [-0.2, 0) is 19.6 Å². The van der Waals surface area contributed by atoms with E-state index in [2.05, 4.69) is 10.0 Å². The number of anilines is 1. The molecule has 1 amide bonds. The number of hydrogen-bond donors (Lipinski definition) is 2. The highest BCUT2D eigenvalue weighted by Gasteiger charge is 2.35. The molecule has 1 fully saturated rings. The predicted molar refractivity (Wildman–Crippen MR) is 120 cm³/mol. The fourth-order valence-electron chi connectivity index (χ4n) is 3.38. The van der Waals surface area contributed by atoms with Crippen molar-refractivity contribution in [3.63, 3.8) is 0 Å². The first-order valence-electron chi connectivity index (χ1n) is 10.1. The Balaban J connectivity index is 1.75. The Bertz CT molecular complexity index is 972. The molecule has 6 nitrogen and oxygen atoms in total. The Kier molecular flexibility index (Phi) is 7.57. The number of amides is 1. The van der Waals surface area contributed by atoms with Crippen LogP contribution in [0.4, 0.5) is 5.69 Å². The molecule has 0 atom stereocenters. The van der Waals surface area contributed by atoms with Crippen molar-refractivity contribution in [2.45, 2.75) is 47.6 Å². The van der Waals surface area contributed by atoms with E-state index in [4.69, 9.17) is 4.74 Å². The number of aryl methyl sites for hydroxylation is 1. The molecule has 1 saturated heterocycles. The molecular formula is C22H28N2O4S2. The number of thioether (sulfide) groups is 1. The van der Waals surface area contributed by atoms with Crippen LogP contribution in [0.1, 0.15) is 31.7 Å². The topological polar surface area (TPSA) is 84.5 Å². The van der Waals surface area contributed by atoms with Gasteiger partial charge in [-0.15, -0.1) is 11.8 Å². The number of sulfonamides is 1. The molecule has 2 N–H and O–H groups in total. The van der Waals surface area contributed by atoms with Crippen molar-refractivity contribution >= 4 is 33.4 Å². The summed E-state index contributed by atoms with van der Waals surface area (Å²) in [5.41, 5.74) is 1.19. The van der Waals surface area contributed by atoms with Crippen molar-refractivity contribution in [1.29, 1.82) is 0 Å². The van der Waals surface area contributed by atoms with Gasteiger partial charge in [-0.1, -0.05) is 25.1 Å². The molecule has 0 saturated carbocycles. The van der Waals surface area contributed by atoms with Crippen LogP contribution in [0.3, 0.4) is 0 Å². The summed E-state index contributed by atoms with van der Waals surface area (Å²) in [6.07, 6.45) is 1.91. The summed E-state index contributed by atoms with van der Waals surface area (Å²) < 4.78 is 34.2. The van der Waals surface area contributed by atoms with Gasteiger partial charge in [0, 0.05) is 41.5 Å². The van der Waals surface area contributed by atoms with Gasteiger partial charge >= 0.3 is 0 Å². The lowest BCUT2D eigenvalue weighted by molar-refractivity contribution is -0.115. The van der Waals surface area contributed by atoms with Crippen LogP contribution >= 0.6 is 11.8 Å². The summed E-state index contributed by atoms with van der Waals surface area (Å²) >= 11 is 1.71. The summed E-state index contributed by atoms with van der Waals surface area (Å²) in [4.78, 5) is 12.9. The van der Waals surface area contributed by atoms with Crippen molar-refractivity contribution < 1.29 is 17.9 Å². The lowest BCUT2D eigenvalue weighted by Crippen LogP contribution is -2.44. The fraction of sp³-hybridized carbons (Fsp3) is 0.409. The molecule has 0 unspecified atom stereocenters. The van der Waals surface area contributed by atoms with E-state index in [1.54, 1.807) is 43.8 Å². The standard InChI is InChI=1S/C22H28N2O4S2/c1-3-21(25)24-18-9-10-20(17(2)15-18)30(26,27)23-16-22(11-13-28-14-12-22)29-19-7-5-4-6-8-19/h4-10,15,23H,3,11-14,16H2,1-2H3,(H,24,25). The number of hydrogen-bond acceptors (Lipinski definition) is 5. The zero-order chi connectivity index (χ0) is 21.6. The second-order valence-corrected chi connectivity index (χ2v) is 10.7. The molecular weight excluding hydrogens is 420 g/mol. The maximum Gasteiger partial charge on any atom is 0.240 e. The average Bonchev–Trinajstić information content (AvgIpc) is 2.74. The first kappa shape index (κ1) is 22.8. The Morgan fingerprint density at radius 2 is 1.83 bits per heavy atom. The third-order valence-electron chi connectivity index (χ3n) is 5.14. The lowest BCUT2D eigenvalue weighted by atomic mass is 9.99. The maximum atomic E-state index is 13.0. The van der Waals surface area contributed by atoms with Crippen LogP contribution in [0, 0.1) is 6.92 Å². The van der Waals surface area contributed by atoms with Crippen LogP contribution in [0.2, 0.25) is 0 Å². The van der Waals surface area contributed by atoms with Gasteiger partial charge in [0.15, 0.2) is 0 Å². The molecule has 0 aromatic heterocycles. The van der Waals surface area contributed by atoms with Gasteiger partial charge < -0.3 is 10.1 Å². The minimum atomic E-state index is -3.69. The molecule has 1 heterocycles. The summed E-state index contributed by atoms with van der Waals surface area (Å²) in [7, 11) is -3.69. The second kappa shape index (κ2) is 9.96. The molecule has 0 spiro atoms. The Morgan fingerprint density at radius 1 is 1.13 bits per heavy atom. The van der Waals surface area contributed by atoms with Crippen molar-refractivity contribution in [1.82, 2.24) is 4.72 Å². The van der Waals surface area contributed by atoms with E-state index in [9.17, 15) is 13.2 Å². The van der Waals surface area contributed by atoms with Crippen molar-refractivity contribution in [3.8, 4) is 0 Å². The highest BCUT2D eigenvalue weighted by atomic mass is 32.2. The van der Waals surface area contributed by atoms with Gasteiger partial charge in [0.2, 0.25) is 15.9 Å². The summed E-state index contributed by atoms with van der Waals surface area (Å²) in [6, 6.07) is 14.9. The summed E-state index contributed by atoms with van der Waals surface area (Å²) in [5, 5.41) is 2.76. The minimum absolute atomic E-state index is 0.109. The van der Waals surface area contributed by atoms with Crippen molar-refractivity contribution in [2.24, 2.45) is 0 Å². The molecule has 162 valence electrons. The molecule has 0 bridgehead atoms. The van der Waals surface area contributed by atoms with E-state index < -0.39 is 10.0 Å². The highest BCUT2D eigenvalue weighted by molar-refractivity contribution is 8.00. The maximum absolute atomic E-state index is 13.0. The average molecular weight is 449 g/mol. The lowest BCUT2D eigenvalue weighted by Gasteiger charge is -2.36. The minimum Gasteiger partial charge on any atom is -0.381 e. The van der Waals surface area contributed by atoms with E-state index in [1.807, 2.05) is 30.3 Å². The van der Waals surface area contributed by atoms with E-state index >= 15 is 0 Å². The van der Waals surface area contributed by atoms with Crippen LogP contribution in [0.25, 0.3) is 0 Å². The third-order valence-corrected chi connectivity index (χ3v) is 8.19. The Hall–Kier alpha value is -1.87. The molecule has 3 rings (SSSR count). The first-order valence-corrected chi connectivity index (χ1v) is 12.4. The second-order valence-electron chi connectivity index (χ2n) is 7.42. The third kappa shape index (κ3) is 5.85. The molecule has 0 aliphatic carbocycles. The molecule has 1 aliphatic rings. The predicted octanol–water partition coefficient (Wildman–Crippen LogP) is 3.96. The zero-order valence-corrected chi connectivity index (χ0v) is 18.9. The Labute approximate surface area is 182 Å². The van der Waals surface area contributed by atoms with Gasteiger partial charge in [-0.25, -0.2) is 13.1 Å². The van der Waals surface area contributed by atoms with Gasteiger partial charge in [-0.3, -0.25) is 4.79 Å². The summed E-state index contributed by atoms with van der Waals surface area (Å²) in [6.45, 7) is 5.06. The molecule has 8 heteroatoms. The molecule has 2 aromatic carbocycles. The van der Waals surface area contributed by atoms with E-state index in [0.717, 1.165) is 17.7 Å². The first-order chi connectivity index (χ1) is 14.3. The van der Waals surface area contributed by atoms with Crippen molar-refractivity contribution in [3.05, 3.63) is 54.1 Å². The van der Waals surface area contributed by atoms with Gasteiger partial charge in [-0.05, 0) is 55.7 Å². The van der Waals surface area contributed by atoms with Crippen LogP contribution < -0.4 is 10.0 Å². The van der Waals surface area contributed by atoms with E-state index in [1.165, 1.54) is 0 Å². The quantitative estimate of drug-likeness (QED) is 0.638. The van der Waals surface area contributed by atoms with Crippen LogP contribution in [0.15, 0.2) is 58.3 Å². The summed E-state index contributed by atoms with van der Waals surface area (Å²) in [5.74, 6) is -0.109. The number of carbonyl (C=O) groups excluding carboxylic acids is 1. The number of rotatable bonds is 8. The van der Waals surface area contributed by atoms with E-state index in [-0.39, 0.29) is 15.5 Å². The monoisotopic (exact) mass is 448 g/mol. The van der Waals surface area contributed by atoms with Gasteiger partial charge in [0.05, 0.1) is 4.90 Å². The van der Waals surface area contributed by atoms with Gasteiger partial charge in [0.25, 0.3) is 0 Å². The van der Waals surface area contributed by atoms with Gasteiger partial charge in [-0.2, -0.15) is 0 Å². The zero-order valence-electron chi connectivity index (χ0n) is 17.3. The smallest absolute Gasteiger partial charge is 0.240 e. The largest absolute Gasteiger partial charge is 0.381 e.